The molecule has 4 rings (SSSR count). The third-order valence-corrected chi connectivity index (χ3v) is 7.33. The van der Waals surface area contributed by atoms with Gasteiger partial charge in [-0.1, -0.05) is 34.5 Å². The van der Waals surface area contributed by atoms with Crippen LogP contribution in [-0.2, 0) is 14.4 Å². The number of hydrogen-bond donors (Lipinski definition) is 4. The van der Waals surface area contributed by atoms with E-state index in [0.29, 0.717) is 19.4 Å². The summed E-state index contributed by atoms with van der Waals surface area (Å²) in [7, 11) is 0. The van der Waals surface area contributed by atoms with Crippen molar-refractivity contribution in [3.05, 3.63) is 40.5 Å². The predicted molar refractivity (Wildman–Crippen MR) is 135 cm³/mol. The molecular formula is C25H32BrN5O4. The molecule has 1 aromatic carbocycles. The van der Waals surface area contributed by atoms with Gasteiger partial charge in [-0.25, -0.2) is 5.43 Å². The highest BCUT2D eigenvalue weighted by Gasteiger charge is 2.34. The maximum Gasteiger partial charge on any atom is 0.258 e. The van der Waals surface area contributed by atoms with E-state index in [-0.39, 0.29) is 23.8 Å². The van der Waals surface area contributed by atoms with Crippen LogP contribution in [0.5, 0.6) is 0 Å². The quantitative estimate of drug-likeness (QED) is 0.423. The lowest BCUT2D eigenvalue weighted by Gasteiger charge is -2.35. The Hall–Kier alpha value is -2.56. The average Bonchev–Trinajstić information content (AvgIpc) is 2.81. The maximum atomic E-state index is 13.0. The Bertz CT molecular complexity index is 1110. The first-order chi connectivity index (χ1) is 16.7. The minimum Gasteiger partial charge on any atom is -0.383 e. The molecule has 9 nitrogen and oxygen atoms in total. The van der Waals surface area contributed by atoms with Crippen LogP contribution in [0.4, 0.5) is 0 Å². The van der Waals surface area contributed by atoms with Gasteiger partial charge in [0.1, 0.15) is 18.2 Å². The minimum atomic E-state index is -1.09. The molecule has 0 spiro atoms. The van der Waals surface area contributed by atoms with Gasteiger partial charge in [-0.3, -0.25) is 24.4 Å². The van der Waals surface area contributed by atoms with Crippen molar-refractivity contribution in [3.8, 4) is 0 Å². The van der Waals surface area contributed by atoms with Crippen LogP contribution in [0.25, 0.3) is 10.9 Å². The van der Waals surface area contributed by atoms with Gasteiger partial charge in [-0.05, 0) is 63.6 Å². The first-order valence-electron chi connectivity index (χ1n) is 12.2. The van der Waals surface area contributed by atoms with Crippen LogP contribution >= 0.6 is 15.9 Å². The number of rotatable bonds is 7. The summed E-state index contributed by atoms with van der Waals surface area (Å²) in [6, 6.07) is 8.04. The highest BCUT2D eigenvalue weighted by Crippen LogP contribution is 2.29. The van der Waals surface area contributed by atoms with E-state index < -0.39 is 24.1 Å². The van der Waals surface area contributed by atoms with Gasteiger partial charge in [-0.2, -0.15) is 0 Å². The summed E-state index contributed by atoms with van der Waals surface area (Å²) in [6.45, 7) is 3.90. The number of pyridine rings is 1. The van der Waals surface area contributed by atoms with E-state index in [1.54, 1.807) is 6.92 Å². The van der Waals surface area contributed by atoms with E-state index in [1.165, 1.54) is 5.01 Å². The Kier molecular flexibility index (Phi) is 8.03. The molecule has 188 valence electrons. The number of benzene rings is 1. The van der Waals surface area contributed by atoms with E-state index >= 15 is 0 Å². The van der Waals surface area contributed by atoms with Crippen molar-refractivity contribution in [2.24, 2.45) is 5.92 Å². The number of nitrogens with zero attached hydrogens (tertiary/aromatic N) is 2. The number of hydrogen-bond acceptors (Lipinski definition) is 6. The summed E-state index contributed by atoms with van der Waals surface area (Å²) < 4.78 is 0.936. The van der Waals surface area contributed by atoms with E-state index in [1.807, 2.05) is 37.3 Å². The highest BCUT2D eigenvalue weighted by molar-refractivity contribution is 9.10. The van der Waals surface area contributed by atoms with Gasteiger partial charge >= 0.3 is 0 Å². The van der Waals surface area contributed by atoms with Crippen molar-refractivity contribution in [2.75, 3.05) is 6.54 Å². The molecule has 35 heavy (non-hydrogen) atoms. The Morgan fingerprint density at radius 2 is 1.86 bits per heavy atom. The number of fused-ring (bicyclic) bond motifs is 1. The molecule has 1 aliphatic carbocycles. The Balaban J connectivity index is 1.32. The Morgan fingerprint density at radius 1 is 1.11 bits per heavy atom. The van der Waals surface area contributed by atoms with Crippen molar-refractivity contribution in [1.82, 2.24) is 26.1 Å². The Morgan fingerprint density at radius 3 is 2.57 bits per heavy atom. The van der Waals surface area contributed by atoms with Crippen LogP contribution < -0.4 is 16.1 Å². The van der Waals surface area contributed by atoms with Crippen molar-refractivity contribution >= 4 is 44.6 Å². The fourth-order valence-corrected chi connectivity index (χ4v) is 4.78. The zero-order valence-corrected chi connectivity index (χ0v) is 21.5. The third kappa shape index (κ3) is 5.99. The zero-order chi connectivity index (χ0) is 25.1. The number of aliphatic hydroxyl groups excluding tert-OH is 1. The van der Waals surface area contributed by atoms with Crippen LogP contribution in [0.1, 0.15) is 57.7 Å². The van der Waals surface area contributed by atoms with Gasteiger partial charge in [-0.15, -0.1) is 0 Å². The number of carbonyl (C=O) groups excluding carboxylic acids is 3. The minimum absolute atomic E-state index is 0.0286. The summed E-state index contributed by atoms with van der Waals surface area (Å²) in [5.74, 6) is -1.11. The summed E-state index contributed by atoms with van der Waals surface area (Å²) in [4.78, 5) is 42.8. The first-order valence-corrected chi connectivity index (χ1v) is 12.9. The highest BCUT2D eigenvalue weighted by atomic mass is 79.9. The molecule has 10 heteroatoms. The SMILES string of the molecule is C[C@H](NC(=O)C(O)C1CCC1)C(=O)N1CCC[C@@H](C(=O)N[C@H](C)c2ccc3ccc(Br)cc3n2)N1. The van der Waals surface area contributed by atoms with Crippen LogP contribution in [0, 0.1) is 5.92 Å². The molecule has 1 saturated carbocycles. The van der Waals surface area contributed by atoms with Gasteiger partial charge in [0.15, 0.2) is 0 Å². The molecule has 1 aliphatic heterocycles. The molecule has 1 aromatic heterocycles. The average molecular weight is 546 g/mol. The second-order valence-corrected chi connectivity index (χ2v) is 10.4. The van der Waals surface area contributed by atoms with Gasteiger partial charge in [0.2, 0.25) is 11.8 Å². The van der Waals surface area contributed by atoms with Crippen LogP contribution in [0.15, 0.2) is 34.8 Å². The number of halogens is 1. The molecule has 2 fully saturated rings. The molecule has 0 bridgehead atoms. The molecule has 0 radical (unpaired) electrons. The normalized spacial score (nSPS) is 21.0. The van der Waals surface area contributed by atoms with Crippen molar-refractivity contribution in [1.29, 1.82) is 0 Å². The lowest BCUT2D eigenvalue weighted by Crippen LogP contribution is -2.61. The molecule has 2 heterocycles. The summed E-state index contributed by atoms with van der Waals surface area (Å²) in [5, 5.41) is 18.1. The number of carbonyl (C=O) groups is 3. The monoisotopic (exact) mass is 545 g/mol. The fourth-order valence-electron chi connectivity index (χ4n) is 4.43. The van der Waals surface area contributed by atoms with E-state index in [4.69, 9.17) is 0 Å². The number of aromatic nitrogens is 1. The molecule has 4 atom stereocenters. The second kappa shape index (κ2) is 11.0. The standard InChI is InChI=1S/C25H32BrN5O4/c1-14(19-11-9-16-8-10-18(26)13-21(16)29-19)27-23(33)20-7-4-12-31(30-20)25(35)15(2)28-24(34)22(32)17-5-3-6-17/h8-11,13-15,17,20,22,30,32H,3-7,12H2,1-2H3,(H,27,33)(H,28,34)/t14-,15+,20+,22?/m1/s1. The lowest BCUT2D eigenvalue weighted by atomic mass is 9.81. The zero-order valence-electron chi connectivity index (χ0n) is 20.0. The van der Waals surface area contributed by atoms with Crippen molar-refractivity contribution in [3.63, 3.8) is 0 Å². The molecule has 2 aromatic rings. The predicted octanol–water partition coefficient (Wildman–Crippen LogP) is 2.34. The molecule has 4 N–H and O–H groups in total. The number of amides is 3. The molecule has 1 unspecified atom stereocenters. The summed E-state index contributed by atoms with van der Waals surface area (Å²) >= 11 is 3.46. The van der Waals surface area contributed by atoms with Gasteiger partial charge in [0, 0.05) is 16.4 Å². The summed E-state index contributed by atoms with van der Waals surface area (Å²) in [5.41, 5.74) is 4.59. The largest absolute Gasteiger partial charge is 0.383 e. The lowest BCUT2D eigenvalue weighted by molar-refractivity contribution is -0.145. The van der Waals surface area contributed by atoms with Crippen molar-refractivity contribution < 1.29 is 19.5 Å². The molecule has 3 amide bonds. The van der Waals surface area contributed by atoms with Gasteiger partial charge in [0.05, 0.1) is 17.3 Å². The van der Waals surface area contributed by atoms with Crippen LogP contribution in [-0.4, -0.2) is 57.6 Å². The van der Waals surface area contributed by atoms with E-state index in [2.05, 4.69) is 37.0 Å². The molecule has 1 saturated heterocycles. The third-order valence-electron chi connectivity index (χ3n) is 6.84. The van der Waals surface area contributed by atoms with Crippen LogP contribution in [0.2, 0.25) is 0 Å². The van der Waals surface area contributed by atoms with Crippen molar-refractivity contribution in [2.45, 2.75) is 70.2 Å². The second-order valence-electron chi connectivity index (χ2n) is 9.48. The number of nitrogens with one attached hydrogen (secondary N) is 3. The number of hydrazine groups is 1. The van der Waals surface area contributed by atoms with E-state index in [0.717, 1.165) is 40.3 Å². The summed E-state index contributed by atoms with van der Waals surface area (Å²) in [6.07, 6.45) is 2.81. The fraction of sp³-hybridized carbons (Fsp3) is 0.520. The van der Waals surface area contributed by atoms with E-state index in [9.17, 15) is 19.5 Å². The van der Waals surface area contributed by atoms with Crippen LogP contribution in [0.3, 0.4) is 0 Å². The smallest absolute Gasteiger partial charge is 0.258 e. The van der Waals surface area contributed by atoms with Gasteiger partial charge < -0.3 is 15.7 Å². The topological polar surface area (TPSA) is 124 Å². The molecule has 2 aliphatic rings. The first kappa shape index (κ1) is 25.5. The van der Waals surface area contributed by atoms with Gasteiger partial charge in [0.25, 0.3) is 5.91 Å². The number of aliphatic hydroxyl groups is 1. The Labute approximate surface area is 213 Å². The maximum absolute atomic E-state index is 13.0. The molecular weight excluding hydrogens is 514 g/mol.